The molecule has 0 radical (unpaired) electrons. The Morgan fingerprint density at radius 1 is 0.843 bits per heavy atom. The summed E-state index contributed by atoms with van der Waals surface area (Å²) in [6.45, 7) is 10.1. The Balaban J connectivity index is 1.82. The molecule has 3 atom stereocenters. The minimum atomic E-state index is -1.58. The molecule has 4 aromatic carbocycles. The molecule has 51 heavy (non-hydrogen) atoms. The van der Waals surface area contributed by atoms with Crippen molar-refractivity contribution in [3.05, 3.63) is 137 Å². The third-order valence-corrected chi connectivity index (χ3v) is 10.5. The summed E-state index contributed by atoms with van der Waals surface area (Å²) < 4.78 is 22.8. The van der Waals surface area contributed by atoms with E-state index in [4.69, 9.17) is 13.8 Å². The first kappa shape index (κ1) is 39.4. The molecule has 0 fully saturated rings. The highest BCUT2D eigenvalue weighted by molar-refractivity contribution is 7.44. The Morgan fingerprint density at radius 2 is 1.41 bits per heavy atom. The van der Waals surface area contributed by atoms with Crippen molar-refractivity contribution in [2.45, 2.75) is 64.4 Å². The SMILES string of the molecule is CC(C)N(C(C)C)P(OCCC#N)OC(COC(c1ccccc1)(c1ccc(C=O)cc1)c1ccc(N=C=O)cc1)CN(C)Cc1ccccc1. The fourth-order valence-corrected chi connectivity index (χ4v) is 7.79. The second-order valence-corrected chi connectivity index (χ2v) is 14.2. The lowest BCUT2D eigenvalue weighted by atomic mass is 9.79. The van der Waals surface area contributed by atoms with Gasteiger partial charge in [0, 0.05) is 30.7 Å². The summed E-state index contributed by atoms with van der Waals surface area (Å²) >= 11 is 0. The molecule has 0 aliphatic carbocycles. The van der Waals surface area contributed by atoms with Gasteiger partial charge < -0.3 is 13.8 Å². The Morgan fingerprint density at radius 3 is 1.96 bits per heavy atom. The second-order valence-electron chi connectivity index (χ2n) is 12.8. The van der Waals surface area contributed by atoms with Gasteiger partial charge in [0.1, 0.15) is 18.0 Å². The van der Waals surface area contributed by atoms with Crippen molar-refractivity contribution in [3.8, 4) is 6.07 Å². The van der Waals surface area contributed by atoms with Crippen molar-refractivity contribution in [2.24, 2.45) is 4.99 Å². The van der Waals surface area contributed by atoms with Crippen LogP contribution in [0.15, 0.2) is 114 Å². The summed E-state index contributed by atoms with van der Waals surface area (Å²) in [4.78, 5) is 28.7. The van der Waals surface area contributed by atoms with Crippen LogP contribution in [0.5, 0.6) is 0 Å². The number of isocyanates is 1. The molecule has 0 saturated carbocycles. The number of nitrogens with zero attached hydrogens (tertiary/aromatic N) is 4. The molecule has 4 rings (SSSR count). The minimum absolute atomic E-state index is 0.120. The Kier molecular flexibility index (Phi) is 15.4. The van der Waals surface area contributed by atoms with E-state index in [2.05, 4.69) is 67.5 Å². The van der Waals surface area contributed by atoms with Crippen LogP contribution in [0.25, 0.3) is 0 Å². The molecular weight excluding hydrogens is 659 g/mol. The van der Waals surface area contributed by atoms with Crippen LogP contribution in [0.2, 0.25) is 0 Å². The minimum Gasteiger partial charge on any atom is -0.358 e. The molecular formula is C41H47N4O5P. The van der Waals surface area contributed by atoms with E-state index in [-0.39, 0.29) is 31.7 Å². The number of aliphatic imine (C=N–C) groups is 1. The predicted octanol–water partition coefficient (Wildman–Crippen LogP) is 8.57. The lowest BCUT2D eigenvalue weighted by Gasteiger charge is -2.40. The van der Waals surface area contributed by atoms with Gasteiger partial charge in [-0.05, 0) is 69.1 Å². The predicted molar refractivity (Wildman–Crippen MR) is 201 cm³/mol. The van der Waals surface area contributed by atoms with Gasteiger partial charge in [-0.3, -0.25) is 9.69 Å². The average molecular weight is 707 g/mol. The number of likely N-dealkylation sites (N-methyl/N-ethyl adjacent to an activating group) is 1. The molecule has 4 aromatic rings. The van der Waals surface area contributed by atoms with Crippen LogP contribution >= 0.6 is 8.53 Å². The monoisotopic (exact) mass is 706 g/mol. The van der Waals surface area contributed by atoms with Gasteiger partial charge in [0.15, 0.2) is 0 Å². The Bertz CT molecular complexity index is 1720. The van der Waals surface area contributed by atoms with E-state index in [0.29, 0.717) is 24.3 Å². The number of aldehydes is 1. The van der Waals surface area contributed by atoms with Gasteiger partial charge in [-0.1, -0.05) is 97.1 Å². The van der Waals surface area contributed by atoms with Gasteiger partial charge in [0.2, 0.25) is 6.08 Å². The molecule has 9 nitrogen and oxygen atoms in total. The molecule has 0 heterocycles. The normalized spacial score (nSPS) is 13.8. The summed E-state index contributed by atoms with van der Waals surface area (Å²) in [6, 6.07) is 37.3. The quantitative estimate of drug-likeness (QED) is 0.0225. The van der Waals surface area contributed by atoms with Crippen LogP contribution in [-0.2, 0) is 30.7 Å². The number of hydrogen-bond acceptors (Lipinski definition) is 9. The van der Waals surface area contributed by atoms with Crippen molar-refractivity contribution >= 4 is 26.6 Å². The standard InChI is InChI=1S/C41H47N4O5P/c1-32(2)45(33(3)4)51(49-26-12-25-42)50-40(28-44(5)27-34-13-8-6-9-14-34)30-48-41(36-15-10-7-11-16-36,37-19-17-35(29-46)18-20-37)38-21-23-39(24-22-38)43-31-47/h6-11,13-24,29,32-33,40H,12,26-28,30H2,1-5H3. The molecule has 0 aliphatic heterocycles. The molecule has 266 valence electrons. The first-order chi connectivity index (χ1) is 24.7. The van der Waals surface area contributed by atoms with Crippen LogP contribution in [0, 0.1) is 11.3 Å². The van der Waals surface area contributed by atoms with Gasteiger partial charge in [-0.25, -0.2) is 9.46 Å². The lowest BCUT2D eigenvalue weighted by molar-refractivity contribution is -0.0412. The maximum atomic E-state index is 11.7. The third kappa shape index (κ3) is 10.8. The Hall–Kier alpha value is -4.35. The average Bonchev–Trinajstić information content (AvgIpc) is 3.13. The largest absolute Gasteiger partial charge is 0.358 e. The number of nitriles is 1. The second kappa shape index (κ2) is 19.9. The number of rotatable bonds is 20. The fourth-order valence-electron chi connectivity index (χ4n) is 6.11. The van der Waals surface area contributed by atoms with Gasteiger partial charge in [-0.2, -0.15) is 10.3 Å². The molecule has 0 N–H and O–H groups in total. The van der Waals surface area contributed by atoms with E-state index in [0.717, 1.165) is 23.0 Å². The van der Waals surface area contributed by atoms with Crippen LogP contribution in [0.4, 0.5) is 5.69 Å². The van der Waals surface area contributed by atoms with E-state index >= 15 is 0 Å². The number of carbonyl (C=O) groups is 1. The van der Waals surface area contributed by atoms with E-state index in [1.807, 2.05) is 72.8 Å². The molecule has 0 spiro atoms. The lowest BCUT2D eigenvalue weighted by Crippen LogP contribution is -2.41. The van der Waals surface area contributed by atoms with Crippen molar-refractivity contribution in [2.75, 3.05) is 26.8 Å². The van der Waals surface area contributed by atoms with Crippen LogP contribution in [0.1, 0.15) is 66.7 Å². The molecule has 0 bridgehead atoms. The summed E-state index contributed by atoms with van der Waals surface area (Å²) in [5, 5.41) is 9.31. The number of hydrogen-bond donors (Lipinski definition) is 0. The number of ether oxygens (including phenoxy) is 1. The summed E-state index contributed by atoms with van der Waals surface area (Å²) in [6.07, 6.45) is 2.21. The smallest absolute Gasteiger partial charge is 0.259 e. The zero-order valence-corrected chi connectivity index (χ0v) is 30.9. The molecule has 0 aliphatic rings. The summed E-state index contributed by atoms with van der Waals surface area (Å²) in [5.41, 5.74) is 3.51. The topological polar surface area (TPSA) is 104 Å². The zero-order chi connectivity index (χ0) is 36.6. The van der Waals surface area contributed by atoms with Crippen LogP contribution in [0.3, 0.4) is 0 Å². The fraction of sp³-hybridized carbons (Fsp3) is 0.341. The first-order valence-electron chi connectivity index (χ1n) is 17.1. The zero-order valence-electron chi connectivity index (χ0n) is 30.0. The number of benzene rings is 4. The van der Waals surface area contributed by atoms with Crippen LogP contribution in [-0.4, -0.2) is 66.9 Å². The number of carbonyl (C=O) groups excluding carboxylic acids is 2. The maximum absolute atomic E-state index is 11.7. The van der Waals surface area contributed by atoms with Crippen molar-refractivity contribution in [3.63, 3.8) is 0 Å². The molecule has 10 heteroatoms. The van der Waals surface area contributed by atoms with Crippen molar-refractivity contribution < 1.29 is 23.4 Å². The van der Waals surface area contributed by atoms with Crippen molar-refractivity contribution in [1.29, 1.82) is 5.26 Å². The van der Waals surface area contributed by atoms with Gasteiger partial charge in [0.05, 0.1) is 31.4 Å². The van der Waals surface area contributed by atoms with Crippen molar-refractivity contribution in [1.82, 2.24) is 9.57 Å². The molecule has 0 aromatic heterocycles. The summed E-state index contributed by atoms with van der Waals surface area (Å²) in [5.74, 6) is 0. The first-order valence-corrected chi connectivity index (χ1v) is 18.3. The maximum Gasteiger partial charge on any atom is 0.259 e. The van der Waals surface area contributed by atoms with Crippen LogP contribution < -0.4 is 0 Å². The molecule has 0 amide bonds. The highest BCUT2D eigenvalue weighted by Gasteiger charge is 2.39. The molecule has 0 saturated heterocycles. The van der Waals surface area contributed by atoms with Gasteiger partial charge in [-0.15, -0.1) is 0 Å². The van der Waals surface area contributed by atoms with E-state index in [9.17, 15) is 14.9 Å². The van der Waals surface area contributed by atoms with E-state index < -0.39 is 20.2 Å². The highest BCUT2D eigenvalue weighted by atomic mass is 31.2. The third-order valence-electron chi connectivity index (χ3n) is 8.28. The van der Waals surface area contributed by atoms with Gasteiger partial charge >= 0.3 is 0 Å². The molecule has 3 unspecified atom stereocenters. The highest BCUT2D eigenvalue weighted by Crippen LogP contribution is 2.48. The van der Waals surface area contributed by atoms with E-state index in [1.165, 1.54) is 5.56 Å². The van der Waals surface area contributed by atoms with E-state index in [1.54, 1.807) is 30.3 Å². The summed E-state index contributed by atoms with van der Waals surface area (Å²) in [7, 11) is 0.474. The Labute approximate surface area is 303 Å². The van der Waals surface area contributed by atoms with Gasteiger partial charge in [0.25, 0.3) is 8.53 Å².